The fourth-order valence-corrected chi connectivity index (χ4v) is 1.73. The maximum Gasteiger partial charge on any atom is 0.0634 e. The van der Waals surface area contributed by atoms with E-state index in [1.54, 1.807) is 11.8 Å². The summed E-state index contributed by atoms with van der Waals surface area (Å²) < 4.78 is 2.04. The van der Waals surface area contributed by atoms with Gasteiger partial charge in [0.25, 0.3) is 0 Å². The first-order valence-electron chi connectivity index (χ1n) is 3.12. The summed E-state index contributed by atoms with van der Waals surface area (Å²) in [5.41, 5.74) is 7.83. The summed E-state index contributed by atoms with van der Waals surface area (Å²) in [4.78, 5) is 1.20. The molecule has 1 aromatic heterocycles. The third kappa shape index (κ3) is 1.01. The number of nitrogens with zero attached hydrogens (tertiary/aromatic N) is 1. The van der Waals surface area contributed by atoms with Gasteiger partial charge in [-0.1, -0.05) is 0 Å². The summed E-state index contributed by atoms with van der Waals surface area (Å²) >= 11 is 1.70. The minimum atomic E-state index is 0.882. The number of aromatic nitrogens is 1. The Bertz CT molecular complexity index is 240. The Morgan fingerprint density at radius 2 is 2.20 bits per heavy atom. The summed E-state index contributed by atoms with van der Waals surface area (Å²) in [5.74, 6) is 0. The van der Waals surface area contributed by atoms with Gasteiger partial charge in [0.1, 0.15) is 0 Å². The van der Waals surface area contributed by atoms with Gasteiger partial charge in [0.15, 0.2) is 0 Å². The molecule has 0 spiro atoms. The average molecular weight is 156 g/mol. The molecule has 2 nitrogen and oxygen atoms in total. The predicted molar refractivity (Wildman–Crippen MR) is 46.3 cm³/mol. The first kappa shape index (κ1) is 7.54. The van der Waals surface area contributed by atoms with Crippen molar-refractivity contribution in [2.75, 3.05) is 12.0 Å². The molecule has 0 saturated heterocycles. The highest BCUT2D eigenvalue weighted by Crippen LogP contribution is 2.27. The van der Waals surface area contributed by atoms with Crippen molar-refractivity contribution in [3.05, 3.63) is 11.9 Å². The number of hydrogen-bond acceptors (Lipinski definition) is 2. The predicted octanol–water partition coefficient (Wildman–Crippen LogP) is 1.64. The number of nitrogen functional groups attached to an aromatic ring is 1. The molecule has 3 heteroatoms. The monoisotopic (exact) mass is 156 g/mol. The zero-order chi connectivity index (χ0) is 7.72. The lowest BCUT2D eigenvalue weighted by Crippen LogP contribution is -1.87. The van der Waals surface area contributed by atoms with Crippen LogP contribution in [0.15, 0.2) is 11.1 Å². The first-order valence-corrected chi connectivity index (χ1v) is 4.34. The molecule has 0 aliphatic rings. The molecular formula is C7H12N2S. The Morgan fingerprint density at radius 3 is 2.40 bits per heavy atom. The van der Waals surface area contributed by atoms with Crippen LogP contribution in [-0.2, 0) is 7.05 Å². The van der Waals surface area contributed by atoms with Gasteiger partial charge >= 0.3 is 0 Å². The second kappa shape index (κ2) is 2.58. The molecule has 0 atom stereocenters. The lowest BCUT2D eigenvalue weighted by Gasteiger charge is -1.96. The number of thioether (sulfide) groups is 1. The van der Waals surface area contributed by atoms with E-state index in [4.69, 9.17) is 5.73 Å². The lowest BCUT2D eigenvalue weighted by atomic mass is 10.4. The number of aryl methyl sites for hydroxylation is 1. The van der Waals surface area contributed by atoms with Crippen molar-refractivity contribution >= 4 is 17.4 Å². The average Bonchev–Trinajstić information content (AvgIpc) is 2.09. The van der Waals surface area contributed by atoms with Crippen LogP contribution in [-0.4, -0.2) is 10.8 Å². The standard InChI is InChI=1S/C7H12N2S/c1-5-7(10-3)6(8)4-9(5)2/h4H,8H2,1-3H3. The van der Waals surface area contributed by atoms with Gasteiger partial charge in [0.2, 0.25) is 0 Å². The van der Waals surface area contributed by atoms with E-state index >= 15 is 0 Å². The van der Waals surface area contributed by atoms with Crippen LogP contribution >= 0.6 is 11.8 Å². The Labute approximate surface area is 65.4 Å². The minimum absolute atomic E-state index is 0.882. The second-order valence-corrected chi connectivity index (χ2v) is 3.13. The number of nitrogens with two attached hydrogens (primary N) is 1. The van der Waals surface area contributed by atoms with Gasteiger partial charge in [-0.25, -0.2) is 0 Å². The molecule has 10 heavy (non-hydrogen) atoms. The van der Waals surface area contributed by atoms with Crippen LogP contribution in [0.2, 0.25) is 0 Å². The molecule has 0 bridgehead atoms. The van der Waals surface area contributed by atoms with E-state index in [-0.39, 0.29) is 0 Å². The van der Waals surface area contributed by atoms with Crippen LogP contribution in [0.3, 0.4) is 0 Å². The summed E-state index contributed by atoms with van der Waals surface area (Å²) in [7, 11) is 2.01. The Kier molecular flexibility index (Phi) is 1.94. The molecule has 1 heterocycles. The Balaban J connectivity index is 3.20. The number of hydrogen-bond donors (Lipinski definition) is 1. The highest BCUT2D eigenvalue weighted by molar-refractivity contribution is 7.98. The molecule has 1 aromatic rings. The molecule has 0 saturated carbocycles. The lowest BCUT2D eigenvalue weighted by molar-refractivity contribution is 0.869. The highest BCUT2D eigenvalue weighted by atomic mass is 32.2. The zero-order valence-electron chi connectivity index (χ0n) is 6.51. The fraction of sp³-hybridized carbons (Fsp3) is 0.429. The van der Waals surface area contributed by atoms with Gasteiger partial charge in [0.05, 0.1) is 10.6 Å². The summed E-state index contributed by atoms with van der Waals surface area (Å²) in [6, 6.07) is 0. The van der Waals surface area contributed by atoms with Crippen LogP contribution in [0.25, 0.3) is 0 Å². The maximum atomic E-state index is 5.71. The summed E-state index contributed by atoms with van der Waals surface area (Å²) in [6.07, 6.45) is 3.99. The van der Waals surface area contributed by atoms with E-state index < -0.39 is 0 Å². The Hall–Kier alpha value is -0.570. The van der Waals surface area contributed by atoms with Crippen molar-refractivity contribution in [2.45, 2.75) is 11.8 Å². The van der Waals surface area contributed by atoms with E-state index in [0.29, 0.717) is 0 Å². The van der Waals surface area contributed by atoms with Crippen molar-refractivity contribution in [1.82, 2.24) is 4.57 Å². The quantitative estimate of drug-likeness (QED) is 0.627. The number of anilines is 1. The number of rotatable bonds is 1. The van der Waals surface area contributed by atoms with E-state index in [1.807, 2.05) is 24.1 Å². The van der Waals surface area contributed by atoms with Crippen LogP contribution in [0.5, 0.6) is 0 Å². The molecule has 0 aliphatic carbocycles. The van der Waals surface area contributed by atoms with Crippen LogP contribution < -0.4 is 5.73 Å². The van der Waals surface area contributed by atoms with Crippen molar-refractivity contribution in [1.29, 1.82) is 0 Å². The molecule has 0 radical (unpaired) electrons. The fourth-order valence-electron chi connectivity index (χ4n) is 0.999. The van der Waals surface area contributed by atoms with Gasteiger partial charge < -0.3 is 10.3 Å². The van der Waals surface area contributed by atoms with Crippen LogP contribution in [0.4, 0.5) is 5.69 Å². The van der Waals surface area contributed by atoms with E-state index in [0.717, 1.165) is 5.69 Å². The highest BCUT2D eigenvalue weighted by Gasteiger charge is 2.04. The van der Waals surface area contributed by atoms with Gasteiger partial charge in [-0.3, -0.25) is 0 Å². The van der Waals surface area contributed by atoms with Gasteiger partial charge in [-0.05, 0) is 13.2 Å². The molecule has 2 N–H and O–H groups in total. The maximum absolute atomic E-state index is 5.71. The van der Waals surface area contributed by atoms with Crippen molar-refractivity contribution in [2.24, 2.45) is 7.05 Å². The molecule has 0 aromatic carbocycles. The summed E-state index contributed by atoms with van der Waals surface area (Å²) in [6.45, 7) is 2.07. The largest absolute Gasteiger partial charge is 0.397 e. The molecular weight excluding hydrogens is 144 g/mol. The zero-order valence-corrected chi connectivity index (χ0v) is 7.33. The SMILES string of the molecule is CSc1c(N)cn(C)c1C. The second-order valence-electron chi connectivity index (χ2n) is 2.31. The van der Waals surface area contributed by atoms with Gasteiger partial charge in [-0.15, -0.1) is 11.8 Å². The van der Waals surface area contributed by atoms with Crippen molar-refractivity contribution in [3.8, 4) is 0 Å². The molecule has 0 unspecified atom stereocenters. The van der Waals surface area contributed by atoms with E-state index in [2.05, 4.69) is 6.92 Å². The minimum Gasteiger partial charge on any atom is -0.397 e. The van der Waals surface area contributed by atoms with Crippen LogP contribution in [0, 0.1) is 6.92 Å². The third-order valence-electron chi connectivity index (χ3n) is 1.66. The summed E-state index contributed by atoms with van der Waals surface area (Å²) in [5, 5.41) is 0. The third-order valence-corrected chi connectivity index (χ3v) is 2.60. The van der Waals surface area contributed by atoms with Crippen LogP contribution in [0.1, 0.15) is 5.69 Å². The normalized spacial score (nSPS) is 10.3. The van der Waals surface area contributed by atoms with Crippen molar-refractivity contribution < 1.29 is 0 Å². The molecule has 0 fully saturated rings. The van der Waals surface area contributed by atoms with E-state index in [1.165, 1.54) is 10.6 Å². The van der Waals surface area contributed by atoms with Gasteiger partial charge in [-0.2, -0.15) is 0 Å². The topological polar surface area (TPSA) is 30.9 Å². The van der Waals surface area contributed by atoms with E-state index in [9.17, 15) is 0 Å². The van der Waals surface area contributed by atoms with Crippen molar-refractivity contribution in [3.63, 3.8) is 0 Å². The van der Waals surface area contributed by atoms with Gasteiger partial charge in [0, 0.05) is 18.9 Å². The molecule has 56 valence electrons. The molecule has 0 aliphatic heterocycles. The molecule has 1 rings (SSSR count). The Morgan fingerprint density at radius 1 is 1.60 bits per heavy atom. The molecule has 0 amide bonds. The smallest absolute Gasteiger partial charge is 0.0634 e. The first-order chi connectivity index (χ1) is 4.66.